The first-order valence-corrected chi connectivity index (χ1v) is 5.61. The number of carbonyl (C=O) groups is 1. The zero-order valence-corrected chi connectivity index (χ0v) is 9.82. The van der Waals surface area contributed by atoms with E-state index < -0.39 is 0 Å². The molecule has 15 heavy (non-hydrogen) atoms. The second-order valence-electron chi connectivity index (χ2n) is 4.77. The molecule has 0 aromatic carbocycles. The van der Waals surface area contributed by atoms with Gasteiger partial charge in [0.1, 0.15) is 0 Å². The third kappa shape index (κ3) is 3.80. The summed E-state index contributed by atoms with van der Waals surface area (Å²) in [6.45, 7) is 4.13. The Morgan fingerprint density at radius 3 is 2.60 bits per heavy atom. The molecule has 88 valence electrons. The molecule has 1 aliphatic carbocycles. The van der Waals surface area contributed by atoms with Gasteiger partial charge in [-0.2, -0.15) is 0 Å². The number of nitrogens with two attached hydrogens (primary N) is 1. The topological polar surface area (TPSA) is 64.3 Å². The molecule has 4 nitrogen and oxygen atoms in total. The number of hydrogen-bond acceptors (Lipinski definition) is 3. The standard InChI is InChI=1S/C11H22N2O2/c1-7(2)4-10(12)11(14)13-8-5-9(6-8)15-3/h7-10H,4-6,12H2,1-3H3,(H,13,14)/t8?,9?,10-/m1/s1. The molecular formula is C11H22N2O2. The average molecular weight is 214 g/mol. The third-order valence-corrected chi connectivity index (χ3v) is 2.84. The van der Waals surface area contributed by atoms with E-state index in [0.29, 0.717) is 12.0 Å². The van der Waals surface area contributed by atoms with Crippen molar-refractivity contribution in [1.29, 1.82) is 0 Å². The van der Waals surface area contributed by atoms with Crippen molar-refractivity contribution in [1.82, 2.24) is 5.32 Å². The maximum absolute atomic E-state index is 11.6. The molecule has 3 N–H and O–H groups in total. The zero-order valence-electron chi connectivity index (χ0n) is 9.82. The van der Waals surface area contributed by atoms with Gasteiger partial charge in [-0.15, -0.1) is 0 Å². The molecule has 1 saturated carbocycles. The van der Waals surface area contributed by atoms with Gasteiger partial charge in [0.25, 0.3) is 0 Å². The second kappa shape index (κ2) is 5.47. The fourth-order valence-corrected chi connectivity index (χ4v) is 1.80. The molecule has 1 rings (SSSR count). The summed E-state index contributed by atoms with van der Waals surface area (Å²) in [5.74, 6) is 0.433. The second-order valence-corrected chi connectivity index (χ2v) is 4.77. The lowest BCUT2D eigenvalue weighted by molar-refractivity contribution is -0.125. The minimum Gasteiger partial charge on any atom is -0.381 e. The molecule has 0 aromatic rings. The molecule has 1 aliphatic rings. The van der Waals surface area contributed by atoms with Crippen molar-refractivity contribution in [3.63, 3.8) is 0 Å². The Bertz CT molecular complexity index is 213. The molecule has 0 unspecified atom stereocenters. The normalized spacial score (nSPS) is 27.3. The predicted octanol–water partition coefficient (Wildman–Crippen LogP) is 0.653. The van der Waals surface area contributed by atoms with Crippen molar-refractivity contribution >= 4 is 5.91 Å². The smallest absolute Gasteiger partial charge is 0.237 e. The molecule has 0 radical (unpaired) electrons. The SMILES string of the molecule is COC1CC(NC(=O)[C@H](N)CC(C)C)C1. The lowest BCUT2D eigenvalue weighted by Crippen LogP contribution is -2.52. The van der Waals surface area contributed by atoms with Crippen molar-refractivity contribution < 1.29 is 9.53 Å². The van der Waals surface area contributed by atoms with Gasteiger partial charge in [0.05, 0.1) is 12.1 Å². The van der Waals surface area contributed by atoms with Gasteiger partial charge >= 0.3 is 0 Å². The first-order valence-electron chi connectivity index (χ1n) is 5.61. The number of rotatable bonds is 5. The Morgan fingerprint density at radius 2 is 2.13 bits per heavy atom. The van der Waals surface area contributed by atoms with E-state index in [9.17, 15) is 4.79 Å². The maximum Gasteiger partial charge on any atom is 0.237 e. The summed E-state index contributed by atoms with van der Waals surface area (Å²) in [5.41, 5.74) is 5.77. The molecule has 0 bridgehead atoms. The summed E-state index contributed by atoms with van der Waals surface area (Å²) in [7, 11) is 1.70. The van der Waals surface area contributed by atoms with Crippen LogP contribution >= 0.6 is 0 Å². The van der Waals surface area contributed by atoms with Gasteiger partial charge < -0.3 is 15.8 Å². The summed E-state index contributed by atoms with van der Waals surface area (Å²) >= 11 is 0. The van der Waals surface area contributed by atoms with Crippen LogP contribution in [0.25, 0.3) is 0 Å². The van der Waals surface area contributed by atoms with Gasteiger partial charge in [-0.3, -0.25) is 4.79 Å². The lowest BCUT2D eigenvalue weighted by Gasteiger charge is -2.35. The fraction of sp³-hybridized carbons (Fsp3) is 0.909. The van der Waals surface area contributed by atoms with Crippen LogP contribution in [0.15, 0.2) is 0 Å². The number of hydrogen-bond donors (Lipinski definition) is 2. The van der Waals surface area contributed by atoms with Crippen molar-refractivity contribution in [2.75, 3.05) is 7.11 Å². The Hall–Kier alpha value is -0.610. The fourth-order valence-electron chi connectivity index (χ4n) is 1.80. The number of ether oxygens (including phenoxy) is 1. The van der Waals surface area contributed by atoms with Crippen LogP contribution in [-0.2, 0) is 9.53 Å². The Labute approximate surface area is 91.5 Å². The minimum atomic E-state index is -0.369. The monoisotopic (exact) mass is 214 g/mol. The largest absolute Gasteiger partial charge is 0.381 e. The highest BCUT2D eigenvalue weighted by Crippen LogP contribution is 2.22. The molecule has 0 spiro atoms. The summed E-state index contributed by atoms with van der Waals surface area (Å²) < 4.78 is 5.14. The quantitative estimate of drug-likeness (QED) is 0.706. The molecule has 1 atom stereocenters. The van der Waals surface area contributed by atoms with Crippen LogP contribution in [0.2, 0.25) is 0 Å². The molecule has 1 amide bonds. The Balaban J connectivity index is 2.19. The van der Waals surface area contributed by atoms with Gasteiger partial charge in [-0.25, -0.2) is 0 Å². The van der Waals surface area contributed by atoms with Crippen LogP contribution in [0.1, 0.15) is 33.1 Å². The highest BCUT2D eigenvalue weighted by Gasteiger charge is 2.31. The molecular weight excluding hydrogens is 192 g/mol. The van der Waals surface area contributed by atoms with Crippen LogP contribution in [0.5, 0.6) is 0 Å². The molecule has 0 aliphatic heterocycles. The van der Waals surface area contributed by atoms with Gasteiger partial charge in [-0.1, -0.05) is 13.8 Å². The first kappa shape index (κ1) is 12.5. The van der Waals surface area contributed by atoms with Gasteiger partial charge in [0.2, 0.25) is 5.91 Å². The lowest BCUT2D eigenvalue weighted by atomic mass is 9.89. The van der Waals surface area contributed by atoms with Gasteiger partial charge in [0, 0.05) is 13.2 Å². The summed E-state index contributed by atoms with van der Waals surface area (Å²) in [5, 5.41) is 2.94. The molecule has 0 heterocycles. The summed E-state index contributed by atoms with van der Waals surface area (Å²) in [4.78, 5) is 11.6. The summed E-state index contributed by atoms with van der Waals surface area (Å²) in [6.07, 6.45) is 2.89. The van der Waals surface area contributed by atoms with E-state index in [-0.39, 0.29) is 18.0 Å². The molecule has 4 heteroatoms. The van der Waals surface area contributed by atoms with E-state index in [1.54, 1.807) is 7.11 Å². The van der Waals surface area contributed by atoms with Crippen molar-refractivity contribution in [2.45, 2.75) is 51.3 Å². The highest BCUT2D eigenvalue weighted by molar-refractivity contribution is 5.81. The average Bonchev–Trinajstić information content (AvgIpc) is 2.08. The third-order valence-electron chi connectivity index (χ3n) is 2.84. The van der Waals surface area contributed by atoms with E-state index in [2.05, 4.69) is 19.2 Å². The van der Waals surface area contributed by atoms with Gasteiger partial charge in [0.15, 0.2) is 0 Å². The van der Waals surface area contributed by atoms with Crippen LogP contribution < -0.4 is 11.1 Å². The Kier molecular flexibility index (Phi) is 4.54. The number of methoxy groups -OCH3 is 1. The number of carbonyl (C=O) groups excluding carboxylic acids is 1. The molecule has 0 aromatic heterocycles. The first-order chi connectivity index (χ1) is 7.02. The van der Waals surface area contributed by atoms with E-state index in [0.717, 1.165) is 19.3 Å². The highest BCUT2D eigenvalue weighted by atomic mass is 16.5. The number of nitrogens with one attached hydrogen (secondary N) is 1. The predicted molar refractivity (Wildman–Crippen MR) is 59.4 cm³/mol. The van der Waals surface area contributed by atoms with E-state index in [4.69, 9.17) is 10.5 Å². The Morgan fingerprint density at radius 1 is 1.53 bits per heavy atom. The van der Waals surface area contributed by atoms with Crippen LogP contribution in [0.3, 0.4) is 0 Å². The molecule has 1 fully saturated rings. The van der Waals surface area contributed by atoms with Crippen molar-refractivity contribution in [2.24, 2.45) is 11.7 Å². The summed E-state index contributed by atoms with van der Waals surface area (Å²) in [6, 6.07) is -0.104. The van der Waals surface area contributed by atoms with E-state index >= 15 is 0 Å². The van der Waals surface area contributed by atoms with E-state index in [1.807, 2.05) is 0 Å². The van der Waals surface area contributed by atoms with Crippen LogP contribution in [0.4, 0.5) is 0 Å². The van der Waals surface area contributed by atoms with Crippen molar-refractivity contribution in [3.8, 4) is 0 Å². The maximum atomic E-state index is 11.6. The minimum absolute atomic E-state index is 0.0248. The van der Waals surface area contributed by atoms with Gasteiger partial charge in [-0.05, 0) is 25.2 Å². The number of amides is 1. The van der Waals surface area contributed by atoms with Crippen LogP contribution in [-0.4, -0.2) is 31.2 Å². The van der Waals surface area contributed by atoms with Crippen LogP contribution in [0, 0.1) is 5.92 Å². The molecule has 0 saturated heterocycles. The van der Waals surface area contributed by atoms with E-state index in [1.165, 1.54) is 0 Å². The zero-order chi connectivity index (χ0) is 11.4. The van der Waals surface area contributed by atoms with Crippen molar-refractivity contribution in [3.05, 3.63) is 0 Å².